The third-order valence-electron chi connectivity index (χ3n) is 3.60. The number of alkyl halides is 2. The number of hydrogen-bond donors (Lipinski definition) is 1. The zero-order valence-electron chi connectivity index (χ0n) is 13.5. The minimum atomic E-state index is -2.88. The van der Waals surface area contributed by atoms with E-state index in [-0.39, 0.29) is 11.5 Å². The van der Waals surface area contributed by atoms with Gasteiger partial charge >= 0.3 is 6.61 Å². The predicted octanol–water partition coefficient (Wildman–Crippen LogP) is 2.86. The van der Waals surface area contributed by atoms with Gasteiger partial charge in [0, 0.05) is 19.6 Å². The Morgan fingerprint density at radius 1 is 1.30 bits per heavy atom. The first-order chi connectivity index (χ1) is 11.1. The molecule has 0 spiro atoms. The minimum Gasteiger partial charge on any atom is -0.493 e. The van der Waals surface area contributed by atoms with E-state index >= 15 is 0 Å². The number of nitrogens with zero attached hydrogens (tertiary/aromatic N) is 2. The Balaban J connectivity index is 2.12. The fraction of sp³-hybridized carbons (Fsp3) is 0.562. The summed E-state index contributed by atoms with van der Waals surface area (Å²) in [4.78, 5) is 6.80. The number of halogens is 2. The van der Waals surface area contributed by atoms with E-state index in [4.69, 9.17) is 4.74 Å². The Kier molecular flexibility index (Phi) is 6.43. The van der Waals surface area contributed by atoms with E-state index in [9.17, 15) is 8.78 Å². The monoisotopic (exact) mass is 327 g/mol. The largest absolute Gasteiger partial charge is 0.493 e. The van der Waals surface area contributed by atoms with Crippen molar-refractivity contribution < 1.29 is 18.3 Å². The molecular formula is C16H23F2N3O2. The number of benzene rings is 1. The van der Waals surface area contributed by atoms with E-state index in [1.165, 1.54) is 20.0 Å². The van der Waals surface area contributed by atoms with Crippen LogP contribution in [0, 0.1) is 0 Å². The minimum absolute atomic E-state index is 0.0290. The molecule has 0 unspecified atom stereocenters. The van der Waals surface area contributed by atoms with Crippen LogP contribution in [-0.4, -0.2) is 44.2 Å². The van der Waals surface area contributed by atoms with Gasteiger partial charge in [0.2, 0.25) is 0 Å². The topological polar surface area (TPSA) is 46.1 Å². The first-order valence-corrected chi connectivity index (χ1v) is 7.79. The Hall–Kier alpha value is -2.05. The summed E-state index contributed by atoms with van der Waals surface area (Å²) in [5, 5.41) is 3.26. The van der Waals surface area contributed by atoms with E-state index in [1.807, 2.05) is 6.92 Å². The van der Waals surface area contributed by atoms with Crippen molar-refractivity contribution in [3.8, 4) is 11.5 Å². The fourth-order valence-electron chi connectivity index (χ4n) is 2.53. The van der Waals surface area contributed by atoms with Crippen molar-refractivity contribution in [2.45, 2.75) is 32.9 Å². The van der Waals surface area contributed by atoms with Crippen molar-refractivity contribution in [1.29, 1.82) is 0 Å². The highest BCUT2D eigenvalue weighted by Gasteiger charge is 2.16. The Labute approximate surface area is 135 Å². The van der Waals surface area contributed by atoms with Crippen LogP contribution in [0.25, 0.3) is 0 Å². The van der Waals surface area contributed by atoms with Gasteiger partial charge in [0.1, 0.15) is 0 Å². The molecule has 0 radical (unpaired) electrons. The molecule has 0 amide bonds. The predicted molar refractivity (Wildman–Crippen MR) is 85.2 cm³/mol. The number of aliphatic imine (C=N–C) groups is 1. The number of rotatable bonds is 6. The van der Waals surface area contributed by atoms with Crippen LogP contribution in [0.2, 0.25) is 0 Å². The lowest BCUT2D eigenvalue weighted by molar-refractivity contribution is -0.0512. The van der Waals surface area contributed by atoms with Gasteiger partial charge in [-0.05, 0) is 37.5 Å². The summed E-state index contributed by atoms with van der Waals surface area (Å²) in [7, 11) is 1.42. The van der Waals surface area contributed by atoms with Crippen LogP contribution in [0.3, 0.4) is 0 Å². The standard InChI is InChI=1S/C16H23F2N3O2/c1-3-19-16(21-8-4-5-9-21)20-11-12-6-7-13(22-2)14(10-12)23-15(17)18/h6-7,10,15H,3-5,8-9,11H2,1-2H3,(H,19,20). The highest BCUT2D eigenvalue weighted by Crippen LogP contribution is 2.29. The summed E-state index contributed by atoms with van der Waals surface area (Å²) < 4.78 is 34.5. The molecule has 7 heteroatoms. The SMILES string of the molecule is CCNC(=NCc1ccc(OC)c(OC(F)F)c1)N1CCCC1. The summed E-state index contributed by atoms with van der Waals surface area (Å²) in [6.07, 6.45) is 2.33. The van der Waals surface area contributed by atoms with Gasteiger partial charge in [0.05, 0.1) is 13.7 Å². The molecule has 1 fully saturated rings. The third-order valence-corrected chi connectivity index (χ3v) is 3.60. The van der Waals surface area contributed by atoms with Crippen molar-refractivity contribution >= 4 is 5.96 Å². The molecule has 5 nitrogen and oxygen atoms in total. The van der Waals surface area contributed by atoms with Gasteiger partial charge < -0.3 is 19.7 Å². The van der Waals surface area contributed by atoms with Crippen LogP contribution in [0.5, 0.6) is 11.5 Å². The molecule has 128 valence electrons. The van der Waals surface area contributed by atoms with Crippen molar-refractivity contribution in [3.63, 3.8) is 0 Å². The summed E-state index contributed by atoms with van der Waals surface area (Å²) in [6.45, 7) is 2.31. The van der Waals surface area contributed by atoms with Crippen LogP contribution in [0.15, 0.2) is 23.2 Å². The zero-order chi connectivity index (χ0) is 16.7. The van der Waals surface area contributed by atoms with Gasteiger partial charge in [0.25, 0.3) is 0 Å². The van der Waals surface area contributed by atoms with Crippen LogP contribution in [0.1, 0.15) is 25.3 Å². The molecule has 1 heterocycles. The van der Waals surface area contributed by atoms with E-state index < -0.39 is 6.61 Å². The third kappa shape index (κ3) is 4.97. The molecular weight excluding hydrogens is 304 g/mol. The van der Waals surface area contributed by atoms with Gasteiger partial charge in [0.15, 0.2) is 17.5 Å². The van der Waals surface area contributed by atoms with Crippen molar-refractivity contribution in [2.75, 3.05) is 26.7 Å². The first-order valence-electron chi connectivity index (χ1n) is 7.79. The smallest absolute Gasteiger partial charge is 0.387 e. The second kappa shape index (κ2) is 8.55. The van der Waals surface area contributed by atoms with Crippen LogP contribution >= 0.6 is 0 Å². The molecule has 0 aliphatic carbocycles. The van der Waals surface area contributed by atoms with Gasteiger partial charge in [-0.3, -0.25) is 0 Å². The van der Waals surface area contributed by atoms with E-state index in [2.05, 4.69) is 19.9 Å². The van der Waals surface area contributed by atoms with Gasteiger partial charge in [-0.15, -0.1) is 0 Å². The molecule has 1 N–H and O–H groups in total. The maximum Gasteiger partial charge on any atom is 0.387 e. The fourth-order valence-corrected chi connectivity index (χ4v) is 2.53. The summed E-state index contributed by atoms with van der Waals surface area (Å²) in [5.41, 5.74) is 0.788. The van der Waals surface area contributed by atoms with Crippen LogP contribution in [0.4, 0.5) is 8.78 Å². The number of ether oxygens (including phenoxy) is 2. The second-order valence-electron chi connectivity index (χ2n) is 5.23. The quantitative estimate of drug-likeness (QED) is 0.645. The number of methoxy groups -OCH3 is 1. The van der Waals surface area contributed by atoms with E-state index in [0.717, 1.165) is 31.2 Å². The molecule has 1 aromatic carbocycles. The summed E-state index contributed by atoms with van der Waals surface area (Å²) in [5.74, 6) is 1.17. The van der Waals surface area contributed by atoms with Crippen LogP contribution < -0.4 is 14.8 Å². The first kappa shape index (κ1) is 17.3. The molecule has 1 aliphatic heterocycles. The molecule has 0 saturated carbocycles. The number of hydrogen-bond acceptors (Lipinski definition) is 3. The summed E-state index contributed by atoms with van der Waals surface area (Å²) >= 11 is 0. The van der Waals surface area contributed by atoms with Crippen molar-refractivity contribution in [2.24, 2.45) is 4.99 Å². The molecule has 0 atom stereocenters. The van der Waals surface area contributed by atoms with Crippen molar-refractivity contribution in [3.05, 3.63) is 23.8 Å². The normalized spacial score (nSPS) is 15.2. The lowest BCUT2D eigenvalue weighted by Crippen LogP contribution is -2.39. The molecule has 23 heavy (non-hydrogen) atoms. The number of nitrogens with one attached hydrogen (secondary N) is 1. The maximum absolute atomic E-state index is 12.5. The molecule has 2 rings (SSSR count). The van der Waals surface area contributed by atoms with Crippen molar-refractivity contribution in [1.82, 2.24) is 10.2 Å². The average molecular weight is 327 g/mol. The highest BCUT2D eigenvalue weighted by molar-refractivity contribution is 5.80. The molecule has 1 saturated heterocycles. The van der Waals surface area contributed by atoms with E-state index in [1.54, 1.807) is 18.2 Å². The molecule has 1 aliphatic rings. The number of guanidine groups is 1. The van der Waals surface area contributed by atoms with Crippen LogP contribution in [-0.2, 0) is 6.54 Å². The Morgan fingerprint density at radius 2 is 2.04 bits per heavy atom. The lowest BCUT2D eigenvalue weighted by atomic mass is 10.2. The highest BCUT2D eigenvalue weighted by atomic mass is 19.3. The van der Waals surface area contributed by atoms with Gasteiger partial charge in [-0.1, -0.05) is 6.07 Å². The Morgan fingerprint density at radius 3 is 2.65 bits per heavy atom. The van der Waals surface area contributed by atoms with Gasteiger partial charge in [-0.25, -0.2) is 4.99 Å². The average Bonchev–Trinajstić information content (AvgIpc) is 3.05. The van der Waals surface area contributed by atoms with Gasteiger partial charge in [-0.2, -0.15) is 8.78 Å². The molecule has 0 aromatic heterocycles. The second-order valence-corrected chi connectivity index (χ2v) is 5.23. The molecule has 1 aromatic rings. The summed E-state index contributed by atoms with van der Waals surface area (Å²) in [6, 6.07) is 4.96. The number of likely N-dealkylation sites (tertiary alicyclic amines) is 1. The van der Waals surface area contributed by atoms with E-state index in [0.29, 0.717) is 6.54 Å². The Bertz CT molecular complexity index is 532. The molecule has 0 bridgehead atoms. The maximum atomic E-state index is 12.5. The lowest BCUT2D eigenvalue weighted by Gasteiger charge is -2.20. The zero-order valence-corrected chi connectivity index (χ0v) is 13.5.